The number of aromatic amines is 1. The lowest BCUT2D eigenvalue weighted by Gasteiger charge is -1.99. The van der Waals surface area contributed by atoms with Crippen molar-refractivity contribution in [1.29, 1.82) is 0 Å². The molecule has 0 bridgehead atoms. The van der Waals surface area contributed by atoms with Gasteiger partial charge in [-0.2, -0.15) is 0 Å². The summed E-state index contributed by atoms with van der Waals surface area (Å²) in [6, 6.07) is 4.23. The molecule has 0 fully saturated rings. The Morgan fingerprint density at radius 2 is 2.21 bits per heavy atom. The highest BCUT2D eigenvalue weighted by Crippen LogP contribution is 2.27. The first-order valence-corrected chi connectivity index (χ1v) is 5.38. The molecule has 3 heteroatoms. The molecule has 0 aliphatic rings. The highest BCUT2D eigenvalue weighted by molar-refractivity contribution is 9.10. The molecule has 1 aromatic carbocycles. The molecule has 14 heavy (non-hydrogen) atoms. The number of hydrogen-bond acceptors (Lipinski definition) is 1. The van der Waals surface area contributed by atoms with Crippen molar-refractivity contribution < 1.29 is 5.11 Å². The maximum absolute atomic E-state index is 8.91. The fourth-order valence-electron chi connectivity index (χ4n) is 1.71. The van der Waals surface area contributed by atoms with Crippen LogP contribution in [0.1, 0.15) is 11.1 Å². The lowest BCUT2D eigenvalue weighted by molar-refractivity contribution is 0.300. The Balaban J connectivity index is 2.66. The Labute approximate surface area is 91.1 Å². The van der Waals surface area contributed by atoms with Crippen LogP contribution in [0.4, 0.5) is 0 Å². The zero-order chi connectivity index (χ0) is 10.1. The molecule has 0 saturated heterocycles. The van der Waals surface area contributed by atoms with Gasteiger partial charge in [-0.3, -0.25) is 0 Å². The smallest absolute Gasteiger partial charge is 0.0601 e. The summed E-state index contributed by atoms with van der Waals surface area (Å²) in [5.74, 6) is 0. The van der Waals surface area contributed by atoms with Crippen molar-refractivity contribution in [3.8, 4) is 0 Å². The third-order valence-corrected chi connectivity index (χ3v) is 2.98. The number of halogens is 1. The van der Waals surface area contributed by atoms with Gasteiger partial charge in [0.1, 0.15) is 0 Å². The average Bonchev–Trinajstić information content (AvgIpc) is 2.49. The summed E-state index contributed by atoms with van der Waals surface area (Å²) in [5.41, 5.74) is 3.51. The summed E-state index contributed by atoms with van der Waals surface area (Å²) in [6.07, 6.45) is 2.67. The molecule has 0 radical (unpaired) electrons. The van der Waals surface area contributed by atoms with Crippen molar-refractivity contribution in [1.82, 2.24) is 4.98 Å². The lowest BCUT2D eigenvalue weighted by atomic mass is 10.1. The number of aliphatic hydroxyl groups excluding tert-OH is 1. The summed E-state index contributed by atoms with van der Waals surface area (Å²) in [7, 11) is 0. The van der Waals surface area contributed by atoms with Crippen LogP contribution in [-0.2, 0) is 6.42 Å². The van der Waals surface area contributed by atoms with E-state index in [-0.39, 0.29) is 6.61 Å². The van der Waals surface area contributed by atoms with Crippen LogP contribution in [0.5, 0.6) is 0 Å². The van der Waals surface area contributed by atoms with Gasteiger partial charge in [-0.15, -0.1) is 0 Å². The molecule has 2 rings (SSSR count). The Kier molecular flexibility index (Phi) is 2.61. The van der Waals surface area contributed by atoms with Gasteiger partial charge < -0.3 is 10.1 Å². The number of aryl methyl sites for hydroxylation is 1. The van der Waals surface area contributed by atoms with E-state index < -0.39 is 0 Å². The van der Waals surface area contributed by atoms with E-state index in [9.17, 15) is 0 Å². The summed E-state index contributed by atoms with van der Waals surface area (Å²) in [5, 5.41) is 10.1. The van der Waals surface area contributed by atoms with E-state index in [2.05, 4.69) is 40.0 Å². The van der Waals surface area contributed by atoms with Crippen molar-refractivity contribution in [3.05, 3.63) is 33.9 Å². The Hall–Kier alpha value is -0.800. The van der Waals surface area contributed by atoms with Crippen LogP contribution in [0.15, 0.2) is 22.8 Å². The Bertz CT molecular complexity index is 462. The number of nitrogens with one attached hydrogen (secondary N) is 1. The van der Waals surface area contributed by atoms with E-state index in [0.717, 1.165) is 9.99 Å². The second-order valence-corrected chi connectivity index (χ2v) is 4.31. The molecule has 0 amide bonds. The van der Waals surface area contributed by atoms with Crippen LogP contribution in [0, 0.1) is 6.92 Å². The zero-order valence-corrected chi connectivity index (χ0v) is 9.56. The molecule has 0 aliphatic heterocycles. The fraction of sp³-hybridized carbons (Fsp3) is 0.273. The fourth-order valence-corrected chi connectivity index (χ4v) is 2.40. The molecule has 1 heterocycles. The molecule has 0 saturated carbocycles. The van der Waals surface area contributed by atoms with Gasteiger partial charge in [0.15, 0.2) is 0 Å². The van der Waals surface area contributed by atoms with Crippen molar-refractivity contribution >= 4 is 26.8 Å². The minimum atomic E-state index is 0.193. The molecule has 74 valence electrons. The largest absolute Gasteiger partial charge is 0.396 e. The number of aliphatic hydroxyl groups is 1. The maximum Gasteiger partial charge on any atom is 0.0601 e. The van der Waals surface area contributed by atoms with E-state index >= 15 is 0 Å². The average molecular weight is 254 g/mol. The highest BCUT2D eigenvalue weighted by atomic mass is 79.9. The molecule has 0 unspecified atom stereocenters. The first-order valence-electron chi connectivity index (χ1n) is 4.59. The van der Waals surface area contributed by atoms with Gasteiger partial charge in [0.05, 0.1) is 5.52 Å². The molecular weight excluding hydrogens is 242 g/mol. The molecule has 0 atom stereocenters. The number of H-pyrrole nitrogens is 1. The predicted octanol–water partition coefficient (Wildman–Crippen LogP) is 2.77. The third-order valence-electron chi connectivity index (χ3n) is 2.35. The first kappa shape index (κ1) is 9.74. The van der Waals surface area contributed by atoms with Crippen LogP contribution < -0.4 is 0 Å². The topological polar surface area (TPSA) is 36.0 Å². The van der Waals surface area contributed by atoms with Crippen molar-refractivity contribution in [2.45, 2.75) is 13.3 Å². The van der Waals surface area contributed by atoms with Gasteiger partial charge in [-0.1, -0.05) is 0 Å². The molecule has 2 nitrogen and oxygen atoms in total. The van der Waals surface area contributed by atoms with Gasteiger partial charge in [-0.05, 0) is 52.5 Å². The Morgan fingerprint density at radius 1 is 1.43 bits per heavy atom. The van der Waals surface area contributed by atoms with E-state index in [1.54, 1.807) is 0 Å². The molecule has 2 aromatic rings. The van der Waals surface area contributed by atoms with Crippen molar-refractivity contribution in [2.75, 3.05) is 6.61 Å². The highest BCUT2D eigenvalue weighted by Gasteiger charge is 2.06. The predicted molar refractivity (Wildman–Crippen MR) is 61.5 cm³/mol. The number of rotatable bonds is 2. The first-order chi connectivity index (χ1) is 6.72. The van der Waals surface area contributed by atoms with E-state index in [1.165, 1.54) is 16.5 Å². The number of benzene rings is 1. The van der Waals surface area contributed by atoms with E-state index in [1.807, 2.05) is 6.20 Å². The molecule has 0 aliphatic carbocycles. The summed E-state index contributed by atoms with van der Waals surface area (Å²) < 4.78 is 1.08. The SMILES string of the molecule is Cc1cc(Br)c2[nH]cc(CCO)c2c1. The molecule has 0 spiro atoms. The molecule has 1 aromatic heterocycles. The zero-order valence-electron chi connectivity index (χ0n) is 7.97. The van der Waals surface area contributed by atoms with Crippen LogP contribution in [0.25, 0.3) is 10.9 Å². The minimum absolute atomic E-state index is 0.193. The minimum Gasteiger partial charge on any atom is -0.396 e. The lowest BCUT2D eigenvalue weighted by Crippen LogP contribution is -1.88. The molecular formula is C11H12BrNO. The number of aromatic nitrogens is 1. The normalized spacial score (nSPS) is 11.1. The second-order valence-electron chi connectivity index (χ2n) is 3.46. The van der Waals surface area contributed by atoms with Gasteiger partial charge in [0, 0.05) is 22.7 Å². The number of hydrogen-bond donors (Lipinski definition) is 2. The van der Waals surface area contributed by atoms with Gasteiger partial charge in [0.2, 0.25) is 0 Å². The Morgan fingerprint density at radius 3 is 2.93 bits per heavy atom. The quantitative estimate of drug-likeness (QED) is 0.849. The molecule has 2 N–H and O–H groups in total. The standard InChI is InChI=1S/C11H12BrNO/c1-7-4-9-8(2-3-14)6-13-11(9)10(12)5-7/h4-6,13-14H,2-3H2,1H3. The van der Waals surface area contributed by atoms with Crippen LogP contribution in [0.3, 0.4) is 0 Å². The van der Waals surface area contributed by atoms with Crippen LogP contribution in [0.2, 0.25) is 0 Å². The summed E-state index contributed by atoms with van der Waals surface area (Å²) in [4.78, 5) is 3.21. The van der Waals surface area contributed by atoms with E-state index in [0.29, 0.717) is 6.42 Å². The van der Waals surface area contributed by atoms with Crippen LogP contribution in [-0.4, -0.2) is 16.7 Å². The third kappa shape index (κ3) is 1.57. The monoisotopic (exact) mass is 253 g/mol. The maximum atomic E-state index is 8.91. The summed E-state index contributed by atoms with van der Waals surface area (Å²) >= 11 is 3.52. The van der Waals surface area contributed by atoms with Gasteiger partial charge >= 0.3 is 0 Å². The second kappa shape index (κ2) is 3.75. The van der Waals surface area contributed by atoms with Gasteiger partial charge in [0.25, 0.3) is 0 Å². The van der Waals surface area contributed by atoms with E-state index in [4.69, 9.17) is 5.11 Å². The van der Waals surface area contributed by atoms with Crippen molar-refractivity contribution in [3.63, 3.8) is 0 Å². The van der Waals surface area contributed by atoms with Crippen LogP contribution >= 0.6 is 15.9 Å². The number of fused-ring (bicyclic) bond motifs is 1. The van der Waals surface area contributed by atoms with Gasteiger partial charge in [-0.25, -0.2) is 0 Å². The summed E-state index contributed by atoms with van der Waals surface area (Å²) in [6.45, 7) is 2.26. The van der Waals surface area contributed by atoms with Crippen molar-refractivity contribution in [2.24, 2.45) is 0 Å².